The Morgan fingerprint density at radius 3 is 2.09 bits per heavy atom. The van der Waals surface area contributed by atoms with E-state index >= 15 is 0 Å². The van der Waals surface area contributed by atoms with E-state index in [4.69, 9.17) is 0 Å². The van der Waals surface area contributed by atoms with Crippen LogP contribution < -0.4 is 0 Å². The molecule has 1 heterocycles. The SMILES string of the molecule is Cc1ccc(C23C[C@@H]4C[C@H](CC(C(=O)N5CCN(S(=O)(=O)c6ccccc6)CC5)(C4)C2)C3)cc1. The molecular weight excluding hydrogens is 444 g/mol. The Hall–Kier alpha value is -2.18. The van der Waals surface area contributed by atoms with Crippen LogP contribution in [0.5, 0.6) is 0 Å². The number of aryl methyl sites for hydroxylation is 1. The molecule has 0 radical (unpaired) electrons. The van der Waals surface area contributed by atoms with Gasteiger partial charge in [0.25, 0.3) is 0 Å². The summed E-state index contributed by atoms with van der Waals surface area (Å²) in [5, 5.41) is 0. The molecule has 4 aliphatic carbocycles. The first-order chi connectivity index (χ1) is 16.3. The molecule has 2 aromatic rings. The predicted octanol–water partition coefficient (Wildman–Crippen LogP) is 4.37. The second kappa shape index (κ2) is 7.92. The molecule has 4 saturated carbocycles. The molecule has 0 N–H and O–H groups in total. The largest absolute Gasteiger partial charge is 0.340 e. The minimum atomic E-state index is -3.51. The van der Waals surface area contributed by atoms with Gasteiger partial charge in [0.05, 0.1) is 10.3 Å². The van der Waals surface area contributed by atoms with Gasteiger partial charge in [0, 0.05) is 26.2 Å². The molecule has 2 atom stereocenters. The molecule has 4 bridgehead atoms. The number of hydrogen-bond donors (Lipinski definition) is 0. The fourth-order valence-corrected chi connectivity index (χ4v) is 9.41. The average molecular weight is 479 g/mol. The summed E-state index contributed by atoms with van der Waals surface area (Å²) in [6.07, 6.45) is 6.68. The molecule has 0 unspecified atom stereocenters. The van der Waals surface area contributed by atoms with Crippen LogP contribution in [0.4, 0.5) is 0 Å². The Morgan fingerprint density at radius 1 is 0.853 bits per heavy atom. The Balaban J connectivity index is 1.21. The van der Waals surface area contributed by atoms with E-state index in [1.54, 1.807) is 28.6 Å². The Bertz CT molecular complexity index is 1170. The highest BCUT2D eigenvalue weighted by Gasteiger charge is 2.61. The number of sulfonamides is 1. The van der Waals surface area contributed by atoms with Crippen molar-refractivity contribution in [2.24, 2.45) is 17.3 Å². The summed E-state index contributed by atoms with van der Waals surface area (Å²) in [4.78, 5) is 16.4. The fraction of sp³-hybridized carbons (Fsp3) is 0.536. The zero-order chi connectivity index (χ0) is 23.6. The highest BCUT2D eigenvalue weighted by atomic mass is 32.2. The van der Waals surface area contributed by atoms with Gasteiger partial charge in [0.2, 0.25) is 15.9 Å². The van der Waals surface area contributed by atoms with Crippen LogP contribution in [-0.4, -0.2) is 49.7 Å². The van der Waals surface area contributed by atoms with Crippen molar-refractivity contribution < 1.29 is 13.2 Å². The van der Waals surface area contributed by atoms with E-state index in [-0.39, 0.29) is 16.7 Å². The van der Waals surface area contributed by atoms with Gasteiger partial charge in [0.1, 0.15) is 0 Å². The van der Waals surface area contributed by atoms with Gasteiger partial charge in [0.15, 0.2) is 0 Å². The number of carbonyl (C=O) groups excluding carboxylic acids is 1. The van der Waals surface area contributed by atoms with Crippen molar-refractivity contribution in [3.63, 3.8) is 0 Å². The van der Waals surface area contributed by atoms with Gasteiger partial charge >= 0.3 is 0 Å². The van der Waals surface area contributed by atoms with Gasteiger partial charge < -0.3 is 4.90 Å². The number of nitrogens with zero attached hydrogens (tertiary/aromatic N) is 2. The minimum absolute atomic E-state index is 0.131. The molecule has 0 spiro atoms. The lowest BCUT2D eigenvalue weighted by Crippen LogP contribution is -2.61. The number of amides is 1. The van der Waals surface area contributed by atoms with E-state index < -0.39 is 10.0 Å². The summed E-state index contributed by atoms with van der Waals surface area (Å²) in [6, 6.07) is 17.7. The Kier molecular flexibility index (Phi) is 5.19. The zero-order valence-electron chi connectivity index (χ0n) is 19.9. The highest BCUT2D eigenvalue weighted by Crippen LogP contribution is 2.66. The summed E-state index contributed by atoms with van der Waals surface area (Å²) in [5.41, 5.74) is 2.56. The molecule has 2 aromatic carbocycles. The van der Waals surface area contributed by atoms with Crippen molar-refractivity contribution in [2.45, 2.75) is 55.8 Å². The maximum atomic E-state index is 14.1. The fourth-order valence-electron chi connectivity index (χ4n) is 7.97. The van der Waals surface area contributed by atoms with E-state index in [2.05, 4.69) is 31.2 Å². The molecule has 1 saturated heterocycles. The predicted molar refractivity (Wildman–Crippen MR) is 132 cm³/mol. The first-order valence-corrected chi connectivity index (χ1v) is 14.2. The molecular formula is C28H34N2O3S. The van der Waals surface area contributed by atoms with E-state index in [0.29, 0.717) is 42.9 Å². The quantitative estimate of drug-likeness (QED) is 0.656. The van der Waals surface area contributed by atoms with Gasteiger partial charge in [-0.1, -0.05) is 48.0 Å². The van der Waals surface area contributed by atoms with Gasteiger partial charge in [-0.25, -0.2) is 8.42 Å². The minimum Gasteiger partial charge on any atom is -0.340 e. The number of carbonyl (C=O) groups is 1. The third-order valence-corrected chi connectivity index (χ3v) is 11.0. The number of rotatable bonds is 4. The number of hydrogen-bond acceptors (Lipinski definition) is 3. The number of piperazine rings is 1. The lowest BCUT2D eigenvalue weighted by molar-refractivity contribution is -0.161. The molecule has 1 amide bonds. The standard InChI is InChI=1S/C28H34N2O3S/c1-21-7-9-24(10-8-21)27-16-22-15-23(17-27)19-28(18-22,20-27)26(31)29-11-13-30(14-12-29)34(32,33)25-5-3-2-4-6-25/h2-10,22-23H,11-20H2,1H3/t22-,23-,27?,28?/m0/s1. The lowest BCUT2D eigenvalue weighted by Gasteiger charge is -2.62. The first-order valence-electron chi connectivity index (χ1n) is 12.7. The topological polar surface area (TPSA) is 57.7 Å². The van der Waals surface area contributed by atoms with E-state index in [0.717, 1.165) is 19.3 Å². The van der Waals surface area contributed by atoms with Crippen LogP contribution in [0.1, 0.15) is 49.7 Å². The van der Waals surface area contributed by atoms with Gasteiger partial charge in [-0.05, 0) is 80.4 Å². The maximum absolute atomic E-state index is 14.1. The summed E-state index contributed by atoms with van der Waals surface area (Å²) in [5.74, 6) is 1.55. The van der Waals surface area contributed by atoms with Crippen LogP contribution in [0.15, 0.2) is 59.5 Å². The van der Waals surface area contributed by atoms with Crippen LogP contribution in [-0.2, 0) is 20.2 Å². The third-order valence-electron chi connectivity index (χ3n) is 9.09. The van der Waals surface area contributed by atoms with Crippen LogP contribution in [0, 0.1) is 24.2 Å². The molecule has 34 heavy (non-hydrogen) atoms. The van der Waals surface area contributed by atoms with Crippen LogP contribution in [0.3, 0.4) is 0 Å². The number of benzene rings is 2. The van der Waals surface area contributed by atoms with Crippen molar-refractivity contribution >= 4 is 15.9 Å². The van der Waals surface area contributed by atoms with Crippen molar-refractivity contribution in [2.75, 3.05) is 26.2 Å². The van der Waals surface area contributed by atoms with Crippen LogP contribution >= 0.6 is 0 Å². The molecule has 7 rings (SSSR count). The first kappa shape index (κ1) is 22.3. The lowest BCUT2D eigenvalue weighted by atomic mass is 9.42. The maximum Gasteiger partial charge on any atom is 0.243 e. The highest BCUT2D eigenvalue weighted by molar-refractivity contribution is 7.89. The zero-order valence-corrected chi connectivity index (χ0v) is 20.8. The summed E-state index contributed by atoms with van der Waals surface area (Å²) >= 11 is 0. The van der Waals surface area contributed by atoms with Gasteiger partial charge in [-0.2, -0.15) is 4.31 Å². The smallest absolute Gasteiger partial charge is 0.243 e. The van der Waals surface area contributed by atoms with Crippen molar-refractivity contribution in [3.8, 4) is 0 Å². The monoisotopic (exact) mass is 478 g/mol. The Morgan fingerprint density at radius 2 is 1.47 bits per heavy atom. The molecule has 5 aliphatic rings. The summed E-state index contributed by atoms with van der Waals surface area (Å²) in [6.45, 7) is 3.84. The van der Waals surface area contributed by atoms with Crippen molar-refractivity contribution in [1.82, 2.24) is 9.21 Å². The molecule has 5 fully saturated rings. The van der Waals surface area contributed by atoms with E-state index in [1.165, 1.54) is 30.4 Å². The summed E-state index contributed by atoms with van der Waals surface area (Å²) in [7, 11) is -3.51. The third kappa shape index (κ3) is 3.53. The molecule has 180 valence electrons. The van der Waals surface area contributed by atoms with Crippen molar-refractivity contribution in [1.29, 1.82) is 0 Å². The van der Waals surface area contributed by atoms with Crippen LogP contribution in [0.25, 0.3) is 0 Å². The van der Waals surface area contributed by atoms with E-state index in [1.807, 2.05) is 11.0 Å². The second-order valence-electron chi connectivity index (χ2n) is 11.4. The Labute approximate surface area is 203 Å². The molecule has 5 nitrogen and oxygen atoms in total. The van der Waals surface area contributed by atoms with Gasteiger partial charge in [-0.15, -0.1) is 0 Å². The summed E-state index contributed by atoms with van der Waals surface area (Å²) < 4.78 is 27.6. The molecule has 1 aliphatic heterocycles. The van der Waals surface area contributed by atoms with Gasteiger partial charge in [-0.3, -0.25) is 4.79 Å². The normalized spacial score (nSPS) is 33.3. The molecule has 0 aromatic heterocycles. The molecule has 6 heteroatoms. The average Bonchev–Trinajstić information content (AvgIpc) is 2.84. The van der Waals surface area contributed by atoms with Crippen LogP contribution in [0.2, 0.25) is 0 Å². The van der Waals surface area contributed by atoms with E-state index in [9.17, 15) is 13.2 Å². The van der Waals surface area contributed by atoms with Crippen molar-refractivity contribution in [3.05, 3.63) is 65.7 Å². The second-order valence-corrected chi connectivity index (χ2v) is 13.3.